The predicted molar refractivity (Wildman–Crippen MR) is 106 cm³/mol. The molecule has 1 aromatic carbocycles. The van der Waals surface area contributed by atoms with Crippen LogP contribution in [0.4, 0.5) is 0 Å². The van der Waals surface area contributed by atoms with Crippen molar-refractivity contribution in [3.63, 3.8) is 0 Å². The molecule has 1 aromatic heterocycles. The number of rotatable bonds is 4. The lowest BCUT2D eigenvalue weighted by molar-refractivity contribution is 0.0716. The van der Waals surface area contributed by atoms with Gasteiger partial charge in [0, 0.05) is 19.1 Å². The van der Waals surface area contributed by atoms with Gasteiger partial charge in [0.1, 0.15) is 0 Å². The van der Waals surface area contributed by atoms with Crippen LogP contribution in [0.5, 0.6) is 0 Å². The molecule has 2 aliphatic rings. The van der Waals surface area contributed by atoms with E-state index in [1.165, 1.54) is 12.1 Å². The van der Waals surface area contributed by atoms with Crippen LogP contribution in [0.3, 0.4) is 0 Å². The van der Waals surface area contributed by atoms with Gasteiger partial charge >= 0.3 is 0 Å². The molecule has 8 heteroatoms. The van der Waals surface area contributed by atoms with Crippen molar-refractivity contribution in [3.05, 3.63) is 23.9 Å². The van der Waals surface area contributed by atoms with Crippen molar-refractivity contribution in [2.24, 2.45) is 0 Å². The number of likely N-dealkylation sites (tertiary alicyclic amines) is 1. The van der Waals surface area contributed by atoms with Crippen molar-refractivity contribution in [2.45, 2.75) is 68.7 Å². The second-order valence-corrected chi connectivity index (χ2v) is 9.57. The highest BCUT2D eigenvalue weighted by atomic mass is 32.2. The predicted octanol–water partition coefficient (Wildman–Crippen LogP) is 3.46. The Morgan fingerprint density at radius 2 is 1.71 bits per heavy atom. The molecular formula is C20H27N3O4S. The molecule has 1 aliphatic heterocycles. The summed E-state index contributed by atoms with van der Waals surface area (Å²) in [6.45, 7) is 1.41. The van der Waals surface area contributed by atoms with Crippen LogP contribution in [0.1, 0.15) is 68.3 Å². The Morgan fingerprint density at radius 1 is 1.04 bits per heavy atom. The van der Waals surface area contributed by atoms with E-state index in [9.17, 15) is 13.2 Å². The molecule has 0 radical (unpaired) electrons. The molecule has 7 nitrogen and oxygen atoms in total. The minimum Gasteiger partial charge on any atom is -0.355 e. The number of amides is 1. The molecular weight excluding hydrogens is 378 g/mol. The van der Waals surface area contributed by atoms with Crippen LogP contribution in [-0.2, 0) is 10.0 Å². The summed E-state index contributed by atoms with van der Waals surface area (Å²) in [5, 5.41) is 4.40. The first kappa shape index (κ1) is 19.4. The van der Waals surface area contributed by atoms with Crippen LogP contribution in [0, 0.1) is 0 Å². The fourth-order valence-electron chi connectivity index (χ4n) is 4.17. The van der Waals surface area contributed by atoms with Gasteiger partial charge in [-0.15, -0.1) is 0 Å². The third kappa shape index (κ3) is 4.07. The lowest BCUT2D eigenvalue weighted by Gasteiger charge is -2.25. The van der Waals surface area contributed by atoms with Crippen molar-refractivity contribution >= 4 is 26.9 Å². The highest BCUT2D eigenvalue weighted by molar-refractivity contribution is 7.89. The van der Waals surface area contributed by atoms with Gasteiger partial charge in [-0.3, -0.25) is 4.79 Å². The van der Waals surface area contributed by atoms with E-state index in [0.717, 1.165) is 57.8 Å². The van der Waals surface area contributed by atoms with E-state index in [1.807, 2.05) is 0 Å². The molecule has 2 aromatic rings. The number of piperidine rings is 1. The van der Waals surface area contributed by atoms with E-state index in [4.69, 9.17) is 4.52 Å². The number of nitrogens with zero attached hydrogens (tertiary/aromatic N) is 2. The zero-order valence-corrected chi connectivity index (χ0v) is 16.8. The van der Waals surface area contributed by atoms with Crippen molar-refractivity contribution in [1.82, 2.24) is 14.8 Å². The van der Waals surface area contributed by atoms with Gasteiger partial charge in [-0.25, -0.2) is 13.1 Å². The van der Waals surface area contributed by atoms with Crippen LogP contribution in [0.2, 0.25) is 0 Å². The van der Waals surface area contributed by atoms with Gasteiger partial charge in [-0.2, -0.15) is 0 Å². The van der Waals surface area contributed by atoms with Gasteiger partial charge in [0.25, 0.3) is 5.91 Å². The van der Waals surface area contributed by atoms with Gasteiger partial charge < -0.3 is 9.42 Å². The molecule has 1 amide bonds. The highest BCUT2D eigenvalue weighted by Crippen LogP contribution is 2.26. The lowest BCUT2D eigenvalue weighted by atomic mass is 10.1. The number of sulfonamides is 1. The Bertz CT molecular complexity index is 940. The molecule has 1 aliphatic carbocycles. The number of hydrogen-bond donors (Lipinski definition) is 1. The standard InChI is InChI=1S/C20H27N3O4S/c24-20(23-12-6-3-7-13-23)19-17-14-16(10-11-18(17)27-21-19)28(25,26)22-15-8-4-1-2-5-9-15/h10-11,14-15,22H,1-9,12-13H2. The summed E-state index contributed by atoms with van der Waals surface area (Å²) in [6, 6.07) is 4.58. The van der Waals surface area contributed by atoms with Crippen LogP contribution >= 0.6 is 0 Å². The fourth-order valence-corrected chi connectivity index (χ4v) is 5.50. The van der Waals surface area contributed by atoms with Gasteiger partial charge in [0.15, 0.2) is 11.3 Å². The largest absolute Gasteiger partial charge is 0.355 e. The first-order chi connectivity index (χ1) is 13.5. The lowest BCUT2D eigenvalue weighted by Crippen LogP contribution is -2.36. The maximum absolute atomic E-state index is 12.9. The Balaban J connectivity index is 1.60. The number of fused-ring (bicyclic) bond motifs is 1. The summed E-state index contributed by atoms with van der Waals surface area (Å²) in [4.78, 5) is 14.8. The van der Waals surface area contributed by atoms with Crippen molar-refractivity contribution in [2.75, 3.05) is 13.1 Å². The average Bonchev–Trinajstić information content (AvgIpc) is 2.97. The zero-order valence-electron chi connectivity index (χ0n) is 16.0. The Morgan fingerprint density at radius 3 is 2.43 bits per heavy atom. The molecule has 0 atom stereocenters. The normalized spacial score (nSPS) is 19.6. The van der Waals surface area contributed by atoms with Gasteiger partial charge in [-0.1, -0.05) is 30.8 Å². The summed E-state index contributed by atoms with van der Waals surface area (Å²) >= 11 is 0. The molecule has 0 spiro atoms. The number of carbonyl (C=O) groups is 1. The van der Waals surface area contributed by atoms with Crippen LogP contribution in [0.15, 0.2) is 27.6 Å². The first-order valence-electron chi connectivity index (χ1n) is 10.3. The Labute approximate surface area is 165 Å². The summed E-state index contributed by atoms with van der Waals surface area (Å²) in [6.07, 6.45) is 9.23. The van der Waals surface area contributed by atoms with Crippen molar-refractivity contribution in [3.8, 4) is 0 Å². The molecule has 1 N–H and O–H groups in total. The van der Waals surface area contributed by atoms with Gasteiger partial charge in [0.05, 0.1) is 10.3 Å². The molecule has 28 heavy (non-hydrogen) atoms. The van der Waals surface area contributed by atoms with Crippen LogP contribution < -0.4 is 4.72 Å². The summed E-state index contributed by atoms with van der Waals surface area (Å²) in [5.74, 6) is -0.190. The molecule has 1 saturated carbocycles. The van der Waals surface area contributed by atoms with Crippen LogP contribution in [-0.4, -0.2) is 43.5 Å². The quantitative estimate of drug-likeness (QED) is 0.787. The monoisotopic (exact) mass is 405 g/mol. The molecule has 2 fully saturated rings. The molecule has 4 rings (SSSR count). The molecule has 152 valence electrons. The minimum absolute atomic E-state index is 0.0277. The molecule has 1 saturated heterocycles. The number of carbonyl (C=O) groups excluding carboxylic acids is 1. The molecule has 0 bridgehead atoms. The number of nitrogens with one attached hydrogen (secondary N) is 1. The van der Waals surface area contributed by atoms with E-state index in [2.05, 4.69) is 9.88 Å². The summed E-state index contributed by atoms with van der Waals surface area (Å²) in [7, 11) is -3.66. The number of aromatic nitrogens is 1. The zero-order chi connectivity index (χ0) is 19.6. The highest BCUT2D eigenvalue weighted by Gasteiger charge is 2.26. The second kappa shape index (κ2) is 8.21. The van der Waals surface area contributed by atoms with E-state index in [0.29, 0.717) is 24.1 Å². The number of hydrogen-bond acceptors (Lipinski definition) is 5. The molecule has 2 heterocycles. The van der Waals surface area contributed by atoms with E-state index < -0.39 is 10.0 Å². The third-order valence-electron chi connectivity index (χ3n) is 5.77. The summed E-state index contributed by atoms with van der Waals surface area (Å²) < 4.78 is 33.9. The van der Waals surface area contributed by atoms with Gasteiger partial charge in [-0.05, 0) is 50.3 Å². The first-order valence-corrected chi connectivity index (χ1v) is 11.7. The maximum atomic E-state index is 12.9. The van der Waals surface area contributed by atoms with Crippen molar-refractivity contribution < 1.29 is 17.7 Å². The summed E-state index contributed by atoms with van der Waals surface area (Å²) in [5.41, 5.74) is 0.622. The Hall–Kier alpha value is -1.93. The minimum atomic E-state index is -3.66. The van der Waals surface area contributed by atoms with E-state index in [-0.39, 0.29) is 22.5 Å². The maximum Gasteiger partial charge on any atom is 0.276 e. The van der Waals surface area contributed by atoms with Crippen LogP contribution in [0.25, 0.3) is 11.0 Å². The van der Waals surface area contributed by atoms with Gasteiger partial charge in [0.2, 0.25) is 10.0 Å². The fraction of sp³-hybridized carbons (Fsp3) is 0.600. The number of benzene rings is 1. The smallest absolute Gasteiger partial charge is 0.276 e. The SMILES string of the molecule is O=C(c1noc2ccc(S(=O)(=O)NC3CCCCCC3)cc12)N1CCCCC1. The topological polar surface area (TPSA) is 92.5 Å². The van der Waals surface area contributed by atoms with E-state index >= 15 is 0 Å². The second-order valence-electron chi connectivity index (χ2n) is 7.85. The molecule has 0 unspecified atom stereocenters. The Kier molecular flexibility index (Phi) is 5.68. The van der Waals surface area contributed by atoms with Crippen molar-refractivity contribution in [1.29, 1.82) is 0 Å². The average molecular weight is 406 g/mol. The van der Waals surface area contributed by atoms with E-state index in [1.54, 1.807) is 11.0 Å². The third-order valence-corrected chi connectivity index (χ3v) is 7.29.